The molecule has 0 aromatic carbocycles. The molecule has 0 aliphatic heterocycles. The van der Waals surface area contributed by atoms with Crippen molar-refractivity contribution in [3.63, 3.8) is 0 Å². The fraction of sp³-hybridized carbons (Fsp3) is 0.400. The Morgan fingerprint density at radius 2 is 2.14 bits per heavy atom. The highest BCUT2D eigenvalue weighted by Crippen LogP contribution is 2.18. The molecule has 0 aliphatic rings. The summed E-state index contributed by atoms with van der Waals surface area (Å²) in [5, 5.41) is 9.34. The number of hydrogen-bond acceptors (Lipinski definition) is 4. The number of carbonyl (C=O) groups excluding carboxylic acids is 1. The quantitative estimate of drug-likeness (QED) is 0.693. The molecule has 0 radical (unpaired) electrons. The zero-order valence-corrected chi connectivity index (χ0v) is 8.44. The van der Waals surface area contributed by atoms with Gasteiger partial charge in [-0.15, -0.1) is 0 Å². The fourth-order valence-electron chi connectivity index (χ4n) is 0.877. The van der Waals surface area contributed by atoms with E-state index < -0.39 is 11.6 Å². The van der Waals surface area contributed by atoms with E-state index in [1.165, 1.54) is 18.5 Å². The van der Waals surface area contributed by atoms with Gasteiger partial charge >= 0.3 is 5.97 Å². The van der Waals surface area contributed by atoms with E-state index in [9.17, 15) is 9.90 Å². The molecule has 0 spiro atoms. The Bertz CT molecular complexity index is 341. The minimum absolute atomic E-state index is 0.0856. The van der Waals surface area contributed by atoms with Crippen LogP contribution >= 0.6 is 0 Å². The van der Waals surface area contributed by atoms with Crippen molar-refractivity contribution in [1.29, 1.82) is 0 Å². The van der Waals surface area contributed by atoms with Gasteiger partial charge in [0.1, 0.15) is 16.9 Å². The number of ether oxygens (including phenoxy) is 1. The van der Waals surface area contributed by atoms with Gasteiger partial charge in [-0.1, -0.05) is 0 Å². The Morgan fingerprint density at radius 3 is 2.64 bits per heavy atom. The lowest BCUT2D eigenvalue weighted by atomic mass is 10.2. The molecule has 0 saturated heterocycles. The molecule has 0 atom stereocenters. The van der Waals surface area contributed by atoms with Gasteiger partial charge in [-0.05, 0) is 26.8 Å². The highest BCUT2D eigenvalue weighted by Gasteiger charge is 2.20. The lowest BCUT2D eigenvalue weighted by molar-refractivity contribution is 0.00664. The van der Waals surface area contributed by atoms with Gasteiger partial charge in [-0.3, -0.25) is 4.98 Å². The van der Waals surface area contributed by atoms with Crippen LogP contribution in [-0.4, -0.2) is 21.7 Å². The summed E-state index contributed by atoms with van der Waals surface area (Å²) in [4.78, 5) is 15.2. The summed E-state index contributed by atoms with van der Waals surface area (Å²) in [5.41, 5.74) is -0.484. The fourth-order valence-corrected chi connectivity index (χ4v) is 0.877. The van der Waals surface area contributed by atoms with E-state index in [1.807, 2.05) is 0 Å². The third-order valence-corrected chi connectivity index (χ3v) is 1.42. The number of rotatable bonds is 1. The zero-order valence-electron chi connectivity index (χ0n) is 8.44. The lowest BCUT2D eigenvalue weighted by Gasteiger charge is -2.19. The number of aromatic hydroxyl groups is 1. The molecule has 14 heavy (non-hydrogen) atoms. The molecule has 76 valence electrons. The first-order chi connectivity index (χ1) is 6.40. The minimum Gasteiger partial charge on any atom is -0.507 e. The molecule has 1 N–H and O–H groups in total. The molecule has 1 aromatic rings. The first-order valence-electron chi connectivity index (χ1n) is 4.26. The number of hydrogen-bond donors (Lipinski definition) is 1. The molecule has 0 aliphatic carbocycles. The highest BCUT2D eigenvalue weighted by atomic mass is 16.6. The molecule has 4 heteroatoms. The first kappa shape index (κ1) is 10.5. The van der Waals surface area contributed by atoms with Gasteiger partial charge in [0.2, 0.25) is 0 Å². The van der Waals surface area contributed by atoms with Crippen LogP contribution in [0.4, 0.5) is 0 Å². The molecule has 1 heterocycles. The van der Waals surface area contributed by atoms with Crippen LogP contribution < -0.4 is 0 Å². The molecule has 0 bridgehead atoms. The molecule has 0 saturated carbocycles. The number of nitrogens with zero attached hydrogens (tertiary/aromatic N) is 1. The van der Waals surface area contributed by atoms with Crippen LogP contribution in [0.15, 0.2) is 18.5 Å². The van der Waals surface area contributed by atoms with Gasteiger partial charge in [-0.25, -0.2) is 4.79 Å². The second-order valence-corrected chi connectivity index (χ2v) is 3.89. The molecular formula is C10H13NO3. The Hall–Kier alpha value is -1.58. The van der Waals surface area contributed by atoms with Crippen LogP contribution in [0, 0.1) is 0 Å². The van der Waals surface area contributed by atoms with Crippen LogP contribution in [0.1, 0.15) is 31.1 Å². The van der Waals surface area contributed by atoms with Crippen molar-refractivity contribution in [3.05, 3.63) is 24.0 Å². The van der Waals surface area contributed by atoms with Crippen LogP contribution in [0.3, 0.4) is 0 Å². The summed E-state index contributed by atoms with van der Waals surface area (Å²) in [6.45, 7) is 5.29. The first-order valence-corrected chi connectivity index (χ1v) is 4.26. The largest absolute Gasteiger partial charge is 0.507 e. The molecule has 0 unspecified atom stereocenters. The van der Waals surface area contributed by atoms with Crippen molar-refractivity contribution in [1.82, 2.24) is 4.98 Å². The second-order valence-electron chi connectivity index (χ2n) is 3.89. The van der Waals surface area contributed by atoms with E-state index in [2.05, 4.69) is 4.98 Å². The van der Waals surface area contributed by atoms with Crippen LogP contribution in [0.5, 0.6) is 5.75 Å². The van der Waals surface area contributed by atoms with E-state index in [0.29, 0.717) is 0 Å². The topological polar surface area (TPSA) is 59.4 Å². The van der Waals surface area contributed by atoms with Crippen molar-refractivity contribution >= 4 is 5.97 Å². The Labute approximate surface area is 82.5 Å². The number of carbonyl (C=O) groups is 1. The van der Waals surface area contributed by atoms with Gasteiger partial charge in [0.15, 0.2) is 0 Å². The third kappa shape index (κ3) is 2.73. The van der Waals surface area contributed by atoms with Crippen molar-refractivity contribution in [2.45, 2.75) is 26.4 Å². The summed E-state index contributed by atoms with van der Waals surface area (Å²) in [6, 6.07) is 1.35. The lowest BCUT2D eigenvalue weighted by Crippen LogP contribution is -2.24. The summed E-state index contributed by atoms with van der Waals surface area (Å²) >= 11 is 0. The van der Waals surface area contributed by atoms with Gasteiger partial charge in [-0.2, -0.15) is 0 Å². The number of pyridine rings is 1. The summed E-state index contributed by atoms with van der Waals surface area (Å²) in [5.74, 6) is -0.683. The maximum absolute atomic E-state index is 11.5. The molecular weight excluding hydrogens is 182 g/mol. The number of aromatic nitrogens is 1. The van der Waals surface area contributed by atoms with Crippen molar-refractivity contribution in [3.8, 4) is 5.75 Å². The van der Waals surface area contributed by atoms with Crippen molar-refractivity contribution in [2.75, 3.05) is 0 Å². The van der Waals surface area contributed by atoms with E-state index in [4.69, 9.17) is 4.74 Å². The summed E-state index contributed by atoms with van der Waals surface area (Å²) in [7, 11) is 0. The molecule has 1 rings (SSSR count). The number of esters is 1. The zero-order chi connectivity index (χ0) is 10.8. The average molecular weight is 195 g/mol. The minimum atomic E-state index is -0.570. The predicted molar refractivity (Wildman–Crippen MR) is 51.1 cm³/mol. The molecule has 1 aromatic heterocycles. The Morgan fingerprint density at radius 1 is 1.50 bits per heavy atom. The van der Waals surface area contributed by atoms with E-state index >= 15 is 0 Å². The highest BCUT2D eigenvalue weighted by molar-refractivity contribution is 5.92. The Balaban J connectivity index is 2.86. The van der Waals surface area contributed by atoms with E-state index in [1.54, 1.807) is 20.8 Å². The smallest absolute Gasteiger partial charge is 0.344 e. The van der Waals surface area contributed by atoms with Gasteiger partial charge in [0.05, 0.1) is 0 Å². The normalized spacial score (nSPS) is 11.1. The maximum Gasteiger partial charge on any atom is 0.344 e. The molecule has 0 amide bonds. The van der Waals surface area contributed by atoms with Crippen molar-refractivity contribution < 1.29 is 14.6 Å². The van der Waals surface area contributed by atoms with Gasteiger partial charge in [0.25, 0.3) is 0 Å². The predicted octanol–water partition coefficient (Wildman–Crippen LogP) is 1.74. The van der Waals surface area contributed by atoms with Crippen LogP contribution in [0.2, 0.25) is 0 Å². The van der Waals surface area contributed by atoms with E-state index in [-0.39, 0.29) is 11.3 Å². The SMILES string of the molecule is CC(C)(C)OC(=O)c1cnccc1O. The van der Waals surface area contributed by atoms with Crippen LogP contribution in [-0.2, 0) is 4.74 Å². The monoisotopic (exact) mass is 195 g/mol. The van der Waals surface area contributed by atoms with Crippen molar-refractivity contribution in [2.24, 2.45) is 0 Å². The van der Waals surface area contributed by atoms with Crippen LogP contribution in [0.25, 0.3) is 0 Å². The standard InChI is InChI=1S/C10H13NO3/c1-10(2,3)14-9(13)7-6-11-5-4-8(7)12/h4-6H,1-3H3,(H,11,12). The van der Waals surface area contributed by atoms with E-state index in [0.717, 1.165) is 0 Å². The Kier molecular flexibility index (Phi) is 2.74. The molecule has 0 fully saturated rings. The van der Waals surface area contributed by atoms with Gasteiger partial charge in [0, 0.05) is 12.4 Å². The maximum atomic E-state index is 11.5. The third-order valence-electron chi connectivity index (χ3n) is 1.42. The average Bonchev–Trinajstić information content (AvgIpc) is 2.01. The summed E-state index contributed by atoms with van der Waals surface area (Å²) < 4.78 is 5.07. The summed E-state index contributed by atoms with van der Waals surface area (Å²) in [6.07, 6.45) is 2.69. The second kappa shape index (κ2) is 3.65. The molecule has 4 nitrogen and oxygen atoms in total. The van der Waals surface area contributed by atoms with Gasteiger partial charge < -0.3 is 9.84 Å².